The van der Waals surface area contributed by atoms with E-state index in [9.17, 15) is 4.79 Å². The molecule has 1 aromatic rings. The van der Waals surface area contributed by atoms with Crippen LogP contribution < -0.4 is 10.6 Å². The first-order valence-corrected chi connectivity index (χ1v) is 8.99. The number of likely N-dealkylation sites (tertiary alicyclic amines) is 1. The highest BCUT2D eigenvalue weighted by atomic mass is 16.5. The van der Waals surface area contributed by atoms with Gasteiger partial charge in [0.25, 0.3) is 0 Å². The van der Waals surface area contributed by atoms with Crippen molar-refractivity contribution < 1.29 is 14.3 Å². The zero-order chi connectivity index (χ0) is 18.6. The number of carbonyl (C=O) groups is 1. The molecule has 0 aromatic carbocycles. The van der Waals surface area contributed by atoms with Crippen LogP contribution in [-0.4, -0.2) is 74.9 Å². The van der Waals surface area contributed by atoms with Crippen LogP contribution in [-0.2, 0) is 14.3 Å². The number of amides is 1. The van der Waals surface area contributed by atoms with Crippen LogP contribution in [0.3, 0.4) is 0 Å². The number of hydrogen-bond donors (Lipinski definition) is 2. The normalized spacial score (nSPS) is 15.8. The number of methoxy groups -OCH3 is 1. The van der Waals surface area contributed by atoms with Crippen molar-refractivity contribution in [1.82, 2.24) is 15.2 Å². The fourth-order valence-electron chi connectivity index (χ4n) is 2.82. The molecule has 0 unspecified atom stereocenters. The Morgan fingerprint density at radius 1 is 1.38 bits per heavy atom. The van der Waals surface area contributed by atoms with Crippen LogP contribution in [0.25, 0.3) is 0 Å². The summed E-state index contributed by atoms with van der Waals surface area (Å²) in [5.41, 5.74) is 0.681. The van der Waals surface area contributed by atoms with Gasteiger partial charge in [0.1, 0.15) is 0 Å². The van der Waals surface area contributed by atoms with E-state index >= 15 is 0 Å². The Balaban J connectivity index is 1.68. The molecule has 8 nitrogen and oxygen atoms in total. The number of rotatable bonds is 8. The lowest BCUT2D eigenvalue weighted by Gasteiger charge is -2.34. The van der Waals surface area contributed by atoms with E-state index < -0.39 is 0 Å². The summed E-state index contributed by atoms with van der Waals surface area (Å²) in [6, 6.07) is 3.58. The monoisotopic (exact) mass is 363 g/mol. The fourth-order valence-corrected chi connectivity index (χ4v) is 2.82. The van der Waals surface area contributed by atoms with E-state index in [1.54, 1.807) is 38.7 Å². The zero-order valence-corrected chi connectivity index (χ0v) is 15.6. The third kappa shape index (κ3) is 6.97. The third-order valence-electron chi connectivity index (χ3n) is 4.15. The van der Waals surface area contributed by atoms with E-state index in [2.05, 4.69) is 25.5 Å². The number of nitrogens with one attached hydrogen (secondary N) is 2. The number of aliphatic imine (C=N–C) groups is 1. The number of carbonyl (C=O) groups excluding carboxylic acids is 1. The first-order valence-electron chi connectivity index (χ1n) is 8.99. The minimum Gasteiger partial charge on any atom is -0.385 e. The van der Waals surface area contributed by atoms with Gasteiger partial charge in [0.05, 0.1) is 24.5 Å². The van der Waals surface area contributed by atoms with Crippen molar-refractivity contribution in [3.8, 4) is 0 Å². The topological polar surface area (TPSA) is 88.1 Å². The molecule has 0 atom stereocenters. The summed E-state index contributed by atoms with van der Waals surface area (Å²) in [6.45, 7) is 3.35. The molecule has 0 radical (unpaired) electrons. The first-order chi connectivity index (χ1) is 12.7. The molecule has 1 aliphatic heterocycles. The van der Waals surface area contributed by atoms with Crippen molar-refractivity contribution in [2.45, 2.75) is 25.4 Å². The van der Waals surface area contributed by atoms with Crippen molar-refractivity contribution in [2.24, 2.45) is 4.99 Å². The highest BCUT2D eigenvalue weighted by Gasteiger charge is 2.22. The molecule has 1 fully saturated rings. The van der Waals surface area contributed by atoms with E-state index in [1.807, 2.05) is 0 Å². The maximum Gasteiger partial charge on any atom is 0.243 e. The predicted octanol–water partition coefficient (Wildman–Crippen LogP) is 1.11. The molecule has 0 aliphatic carbocycles. The molecule has 2 N–H and O–H groups in total. The molecule has 26 heavy (non-hydrogen) atoms. The maximum atomic E-state index is 12.0. The lowest BCUT2D eigenvalue weighted by atomic mass is 10.1. The van der Waals surface area contributed by atoms with Gasteiger partial charge in [-0.2, -0.15) is 0 Å². The first kappa shape index (κ1) is 20.1. The van der Waals surface area contributed by atoms with Gasteiger partial charge in [0.15, 0.2) is 5.96 Å². The molecule has 2 rings (SSSR count). The number of nitrogens with zero attached hydrogens (tertiary/aromatic N) is 3. The molecule has 8 heteroatoms. The SMILES string of the molecule is CN=C(NCC(=O)Nc1cccnc1)N1CCC(OCCCOC)CC1. The standard InChI is InChI=1S/C18H29N5O3/c1-19-18(21-14-17(24)22-15-5-3-8-20-13-15)23-9-6-16(7-10-23)26-12-4-11-25-2/h3,5,8,13,16H,4,6-7,9-12,14H2,1-2H3,(H,19,21)(H,22,24). The van der Waals surface area contributed by atoms with E-state index in [1.165, 1.54) is 0 Å². The number of aromatic nitrogens is 1. The lowest BCUT2D eigenvalue weighted by molar-refractivity contribution is -0.115. The highest BCUT2D eigenvalue weighted by Crippen LogP contribution is 2.14. The third-order valence-corrected chi connectivity index (χ3v) is 4.15. The molecule has 144 valence electrons. The minimum atomic E-state index is -0.129. The Labute approximate surface area is 155 Å². The van der Waals surface area contributed by atoms with Crippen molar-refractivity contribution in [1.29, 1.82) is 0 Å². The highest BCUT2D eigenvalue weighted by molar-refractivity contribution is 5.94. The van der Waals surface area contributed by atoms with Crippen LogP contribution in [0.2, 0.25) is 0 Å². The van der Waals surface area contributed by atoms with Crippen molar-refractivity contribution in [3.63, 3.8) is 0 Å². The smallest absolute Gasteiger partial charge is 0.243 e. The molecule has 0 saturated carbocycles. The molecule has 1 amide bonds. The molecule has 0 bridgehead atoms. The predicted molar refractivity (Wildman–Crippen MR) is 101 cm³/mol. The van der Waals surface area contributed by atoms with E-state index in [-0.39, 0.29) is 18.6 Å². The average molecular weight is 363 g/mol. The van der Waals surface area contributed by atoms with Crippen molar-refractivity contribution in [2.75, 3.05) is 52.3 Å². The number of guanidine groups is 1. The molecule has 1 aromatic heterocycles. The minimum absolute atomic E-state index is 0.129. The number of piperidine rings is 1. The maximum absolute atomic E-state index is 12.0. The van der Waals surface area contributed by atoms with E-state index in [4.69, 9.17) is 9.47 Å². The van der Waals surface area contributed by atoms with Crippen LogP contribution in [0, 0.1) is 0 Å². The summed E-state index contributed by atoms with van der Waals surface area (Å²) in [5.74, 6) is 0.611. The Morgan fingerprint density at radius 2 is 2.19 bits per heavy atom. The average Bonchev–Trinajstić information content (AvgIpc) is 2.67. The van der Waals surface area contributed by atoms with Gasteiger partial charge in [-0.05, 0) is 31.4 Å². The van der Waals surface area contributed by atoms with Gasteiger partial charge in [-0.1, -0.05) is 0 Å². The molecule has 1 aliphatic rings. The Hall–Kier alpha value is -2.19. The summed E-state index contributed by atoms with van der Waals surface area (Å²) >= 11 is 0. The van der Waals surface area contributed by atoms with Gasteiger partial charge in [-0.3, -0.25) is 14.8 Å². The second-order valence-corrected chi connectivity index (χ2v) is 6.09. The Bertz CT molecular complexity index is 559. The number of anilines is 1. The number of hydrogen-bond acceptors (Lipinski definition) is 5. The van der Waals surface area contributed by atoms with E-state index in [0.29, 0.717) is 5.69 Å². The van der Waals surface area contributed by atoms with Crippen LogP contribution in [0.5, 0.6) is 0 Å². The zero-order valence-electron chi connectivity index (χ0n) is 15.6. The van der Waals surface area contributed by atoms with Gasteiger partial charge in [0, 0.05) is 46.7 Å². The van der Waals surface area contributed by atoms with Gasteiger partial charge >= 0.3 is 0 Å². The molecular formula is C18H29N5O3. The Kier molecular flexibility index (Phi) is 8.85. The second-order valence-electron chi connectivity index (χ2n) is 6.09. The van der Waals surface area contributed by atoms with E-state index in [0.717, 1.165) is 51.5 Å². The van der Waals surface area contributed by atoms with Gasteiger partial charge < -0.3 is 25.0 Å². The van der Waals surface area contributed by atoms with Crippen molar-refractivity contribution in [3.05, 3.63) is 24.5 Å². The fraction of sp³-hybridized carbons (Fsp3) is 0.611. The quantitative estimate of drug-likeness (QED) is 0.409. The summed E-state index contributed by atoms with van der Waals surface area (Å²) in [5, 5.41) is 5.92. The number of pyridine rings is 1. The second kappa shape index (κ2) is 11.4. The van der Waals surface area contributed by atoms with Gasteiger partial charge in [-0.25, -0.2) is 0 Å². The van der Waals surface area contributed by atoms with Gasteiger partial charge in [0.2, 0.25) is 5.91 Å². The van der Waals surface area contributed by atoms with Gasteiger partial charge in [-0.15, -0.1) is 0 Å². The van der Waals surface area contributed by atoms with Crippen LogP contribution in [0.4, 0.5) is 5.69 Å². The summed E-state index contributed by atoms with van der Waals surface area (Å²) in [7, 11) is 3.43. The Morgan fingerprint density at radius 3 is 2.85 bits per heavy atom. The lowest BCUT2D eigenvalue weighted by Crippen LogP contribution is -2.48. The van der Waals surface area contributed by atoms with Crippen LogP contribution in [0.1, 0.15) is 19.3 Å². The van der Waals surface area contributed by atoms with Crippen LogP contribution >= 0.6 is 0 Å². The molecule has 0 spiro atoms. The molecular weight excluding hydrogens is 334 g/mol. The summed E-state index contributed by atoms with van der Waals surface area (Å²) < 4.78 is 10.9. The summed E-state index contributed by atoms with van der Waals surface area (Å²) in [6.07, 6.45) is 6.40. The summed E-state index contributed by atoms with van der Waals surface area (Å²) in [4.78, 5) is 22.5. The molecule has 1 saturated heterocycles. The van der Waals surface area contributed by atoms with Crippen LogP contribution in [0.15, 0.2) is 29.5 Å². The largest absolute Gasteiger partial charge is 0.385 e. The molecule has 2 heterocycles. The number of ether oxygens (including phenoxy) is 2. The van der Waals surface area contributed by atoms with Crippen molar-refractivity contribution >= 4 is 17.6 Å².